The molecule has 2 aromatic carbocycles. The summed E-state index contributed by atoms with van der Waals surface area (Å²) in [7, 11) is 0. The van der Waals surface area contributed by atoms with Crippen molar-refractivity contribution in [2.24, 2.45) is 0 Å². The molecule has 2 N–H and O–H groups in total. The lowest BCUT2D eigenvalue weighted by Gasteiger charge is -2.09. The average Bonchev–Trinajstić information content (AvgIpc) is 3.45. The maximum absolute atomic E-state index is 12.6. The van der Waals surface area contributed by atoms with Crippen molar-refractivity contribution in [3.8, 4) is 10.8 Å². The number of nitrogens with zero attached hydrogens (tertiary/aromatic N) is 2. The smallest absolute Gasteiger partial charge is 0.316 e. The third-order valence-electron chi connectivity index (χ3n) is 5.14. The quantitative estimate of drug-likeness (QED) is 0.402. The van der Waals surface area contributed by atoms with Gasteiger partial charge in [0, 0.05) is 12.1 Å². The lowest BCUT2D eigenvalue weighted by Crippen LogP contribution is -2.36. The molecule has 0 unspecified atom stereocenters. The highest BCUT2D eigenvalue weighted by molar-refractivity contribution is 7.21. The Hall–Kier alpha value is -3.98. The molecule has 160 valence electrons. The van der Waals surface area contributed by atoms with Crippen molar-refractivity contribution in [3.63, 3.8) is 0 Å². The molecule has 9 heteroatoms. The third-order valence-corrected chi connectivity index (χ3v) is 6.19. The van der Waals surface area contributed by atoms with Crippen LogP contribution in [0.2, 0.25) is 0 Å². The summed E-state index contributed by atoms with van der Waals surface area (Å²) in [6.45, 7) is 2.35. The van der Waals surface area contributed by atoms with E-state index in [2.05, 4.69) is 15.3 Å². The normalized spacial score (nSPS) is 11.3. The Kier molecular flexibility index (Phi) is 4.95. The van der Waals surface area contributed by atoms with Crippen LogP contribution >= 0.6 is 11.3 Å². The molecular weight excluding hydrogens is 428 g/mol. The number of carbonyl (C=O) groups is 1. The lowest BCUT2D eigenvalue weighted by atomic mass is 10.1. The van der Waals surface area contributed by atoms with Crippen LogP contribution in [0.4, 0.5) is 0 Å². The van der Waals surface area contributed by atoms with E-state index in [1.165, 1.54) is 4.57 Å². The van der Waals surface area contributed by atoms with E-state index in [0.717, 1.165) is 15.2 Å². The van der Waals surface area contributed by atoms with Crippen molar-refractivity contribution < 1.29 is 9.21 Å². The molecule has 8 nitrogen and oxygen atoms in total. The van der Waals surface area contributed by atoms with Crippen molar-refractivity contribution in [2.45, 2.75) is 20.0 Å². The van der Waals surface area contributed by atoms with Crippen LogP contribution in [0.3, 0.4) is 0 Å². The number of amides is 1. The molecule has 3 aromatic heterocycles. The van der Waals surface area contributed by atoms with E-state index < -0.39 is 11.1 Å². The molecule has 0 bridgehead atoms. The average molecular weight is 446 g/mol. The Balaban J connectivity index is 1.34. The summed E-state index contributed by atoms with van der Waals surface area (Å²) in [5.41, 5.74) is 0.961. The van der Waals surface area contributed by atoms with Gasteiger partial charge >= 0.3 is 11.1 Å². The van der Waals surface area contributed by atoms with Gasteiger partial charge in [-0.1, -0.05) is 12.1 Å². The molecule has 0 radical (unpaired) electrons. The number of hydrogen-bond acceptors (Lipinski definition) is 6. The van der Waals surface area contributed by atoms with Gasteiger partial charge in [-0.3, -0.25) is 14.4 Å². The van der Waals surface area contributed by atoms with Gasteiger partial charge in [-0.2, -0.15) is 0 Å². The first-order valence-electron chi connectivity index (χ1n) is 10.0. The number of carbonyl (C=O) groups excluding carboxylic acids is 1. The number of thiazole rings is 1. The van der Waals surface area contributed by atoms with Crippen molar-refractivity contribution in [1.29, 1.82) is 0 Å². The largest absolute Gasteiger partial charge is 0.457 e. The minimum atomic E-state index is -0.713. The van der Waals surface area contributed by atoms with Gasteiger partial charge in [0.15, 0.2) is 10.8 Å². The minimum Gasteiger partial charge on any atom is -0.457 e. The van der Waals surface area contributed by atoms with E-state index in [0.29, 0.717) is 34.7 Å². The number of fused-ring (bicyclic) bond motifs is 2. The van der Waals surface area contributed by atoms with E-state index in [1.807, 2.05) is 30.3 Å². The Morgan fingerprint density at radius 1 is 1.16 bits per heavy atom. The summed E-state index contributed by atoms with van der Waals surface area (Å²) in [6.07, 6.45) is 0. The number of aryl methyl sites for hydroxylation is 1. The zero-order chi connectivity index (χ0) is 22.2. The van der Waals surface area contributed by atoms with Gasteiger partial charge in [0.1, 0.15) is 5.76 Å². The Morgan fingerprint density at radius 3 is 2.81 bits per heavy atom. The van der Waals surface area contributed by atoms with Gasteiger partial charge in [0.2, 0.25) is 0 Å². The first-order valence-corrected chi connectivity index (χ1v) is 10.8. The van der Waals surface area contributed by atoms with Crippen LogP contribution in [0.1, 0.15) is 23.0 Å². The van der Waals surface area contributed by atoms with Gasteiger partial charge in [-0.25, -0.2) is 4.98 Å². The Bertz CT molecular complexity index is 1560. The number of hydrogen-bond donors (Lipinski definition) is 2. The number of benzene rings is 2. The Labute approximate surface area is 185 Å². The predicted molar refractivity (Wildman–Crippen MR) is 123 cm³/mol. The van der Waals surface area contributed by atoms with Crippen LogP contribution in [-0.4, -0.2) is 20.4 Å². The molecule has 3 heterocycles. The number of rotatable bonds is 5. The predicted octanol–water partition coefficient (Wildman–Crippen LogP) is 3.51. The fourth-order valence-corrected chi connectivity index (χ4v) is 4.50. The molecule has 5 rings (SSSR count). The summed E-state index contributed by atoms with van der Waals surface area (Å²) < 4.78 is 8.32. The van der Waals surface area contributed by atoms with Gasteiger partial charge in [0.25, 0.3) is 5.91 Å². The molecule has 0 atom stereocenters. The van der Waals surface area contributed by atoms with Crippen molar-refractivity contribution in [3.05, 3.63) is 86.6 Å². The molecule has 0 aliphatic rings. The van der Waals surface area contributed by atoms with E-state index >= 15 is 0 Å². The van der Waals surface area contributed by atoms with Crippen LogP contribution in [0.25, 0.3) is 32.0 Å². The summed E-state index contributed by atoms with van der Waals surface area (Å²) in [5, 5.41) is 3.60. The first-order chi connectivity index (χ1) is 15.5. The molecule has 0 saturated heterocycles. The summed E-state index contributed by atoms with van der Waals surface area (Å²) in [6, 6.07) is 16.4. The summed E-state index contributed by atoms with van der Waals surface area (Å²) >= 11 is 1.55. The van der Waals surface area contributed by atoms with Gasteiger partial charge in [-0.15, -0.1) is 11.3 Å². The van der Waals surface area contributed by atoms with E-state index in [4.69, 9.17) is 4.42 Å². The first kappa shape index (κ1) is 20.0. The van der Waals surface area contributed by atoms with Crippen molar-refractivity contribution in [2.75, 3.05) is 0 Å². The minimum absolute atomic E-state index is 0.201. The van der Waals surface area contributed by atoms with Gasteiger partial charge < -0.3 is 19.3 Å². The number of furan rings is 1. The maximum Gasteiger partial charge on any atom is 0.316 e. The molecule has 1 amide bonds. The molecule has 32 heavy (non-hydrogen) atoms. The fourth-order valence-electron chi connectivity index (χ4n) is 3.57. The highest BCUT2D eigenvalue weighted by Gasteiger charge is 2.13. The molecular formula is C23H18N4O4S. The molecule has 0 aliphatic heterocycles. The standard InChI is InChI=1S/C23H18N4O4S/c1-2-27-17-9-7-13(11-16(17)25-21(29)23(27)30)20(28)24-12-14-8-10-18(31-14)22-26-15-5-3-4-6-19(15)32-22/h3-11H,2,12H2,1H3,(H,24,28)(H,25,29). The highest BCUT2D eigenvalue weighted by atomic mass is 32.1. The summed E-state index contributed by atoms with van der Waals surface area (Å²) in [4.78, 5) is 43.6. The molecule has 0 saturated carbocycles. The molecule has 5 aromatic rings. The number of H-pyrrole nitrogens is 1. The highest BCUT2D eigenvalue weighted by Crippen LogP contribution is 2.31. The van der Waals surface area contributed by atoms with Crippen LogP contribution in [0.15, 0.2) is 68.6 Å². The van der Waals surface area contributed by atoms with Crippen LogP contribution < -0.4 is 16.4 Å². The zero-order valence-electron chi connectivity index (χ0n) is 17.0. The fraction of sp³-hybridized carbons (Fsp3) is 0.130. The molecule has 0 fully saturated rings. The number of nitrogens with one attached hydrogen (secondary N) is 2. The lowest BCUT2D eigenvalue weighted by molar-refractivity contribution is 0.0948. The van der Waals surface area contributed by atoms with Crippen LogP contribution in [0.5, 0.6) is 0 Å². The second-order valence-corrected chi connectivity index (χ2v) is 8.20. The number of aromatic amines is 1. The topological polar surface area (TPSA) is 110 Å². The molecule has 0 spiro atoms. The summed E-state index contributed by atoms with van der Waals surface area (Å²) in [5.74, 6) is 0.929. The monoisotopic (exact) mass is 446 g/mol. The third kappa shape index (κ3) is 3.52. The van der Waals surface area contributed by atoms with E-state index in [9.17, 15) is 14.4 Å². The second kappa shape index (κ2) is 7.93. The zero-order valence-corrected chi connectivity index (χ0v) is 17.9. The van der Waals surface area contributed by atoms with Crippen LogP contribution in [0, 0.1) is 0 Å². The van der Waals surface area contributed by atoms with Crippen LogP contribution in [-0.2, 0) is 13.1 Å². The van der Waals surface area contributed by atoms with Gasteiger partial charge in [-0.05, 0) is 49.4 Å². The SMILES string of the molecule is CCn1c(=O)c(=O)[nH]c2cc(C(=O)NCc3ccc(-c4nc5ccccc5s4)o3)ccc21. The van der Waals surface area contributed by atoms with Gasteiger partial charge in [0.05, 0.1) is 27.8 Å². The second-order valence-electron chi connectivity index (χ2n) is 7.17. The van der Waals surface area contributed by atoms with Crippen molar-refractivity contribution >= 4 is 38.5 Å². The maximum atomic E-state index is 12.6. The van der Waals surface area contributed by atoms with Crippen molar-refractivity contribution in [1.82, 2.24) is 19.9 Å². The number of para-hydroxylation sites is 1. The van der Waals surface area contributed by atoms with E-state index in [-0.39, 0.29) is 12.5 Å². The Morgan fingerprint density at radius 2 is 2.00 bits per heavy atom. The van der Waals surface area contributed by atoms with E-state index in [1.54, 1.807) is 42.5 Å². The molecule has 0 aliphatic carbocycles. The number of aromatic nitrogens is 3.